The predicted molar refractivity (Wildman–Crippen MR) is 56.5 cm³/mol. The number of nitrogens with two attached hydrogens (primary N) is 1. The fraction of sp³-hybridized carbons (Fsp3) is 0.778. The Kier molecular flexibility index (Phi) is 2.88. The van der Waals surface area contributed by atoms with Crippen LogP contribution in [0.15, 0.2) is 4.42 Å². The highest BCUT2D eigenvalue weighted by Crippen LogP contribution is 2.18. The Morgan fingerprint density at radius 1 is 1.47 bits per heavy atom. The number of rotatable bonds is 2. The van der Waals surface area contributed by atoms with Gasteiger partial charge in [0, 0.05) is 25.7 Å². The maximum atomic E-state index is 5.44. The lowest BCUT2D eigenvalue weighted by Crippen LogP contribution is -2.50. The van der Waals surface area contributed by atoms with Gasteiger partial charge in [-0.15, -0.1) is 5.10 Å². The van der Waals surface area contributed by atoms with Crippen molar-refractivity contribution in [2.45, 2.75) is 19.5 Å². The highest BCUT2D eigenvalue weighted by atomic mass is 16.4. The summed E-state index contributed by atoms with van der Waals surface area (Å²) in [6.45, 7) is 5.41. The quantitative estimate of drug-likeness (QED) is 0.722. The van der Waals surface area contributed by atoms with E-state index in [1.807, 2.05) is 0 Å². The lowest BCUT2D eigenvalue weighted by molar-refractivity contribution is 0.266. The van der Waals surface area contributed by atoms with Crippen molar-refractivity contribution in [3.63, 3.8) is 0 Å². The maximum Gasteiger partial charge on any atom is 0.318 e. The highest BCUT2D eigenvalue weighted by molar-refractivity contribution is 5.27. The Labute approximate surface area is 89.0 Å². The summed E-state index contributed by atoms with van der Waals surface area (Å²) in [6, 6.07) is 0.992. The zero-order valence-corrected chi connectivity index (χ0v) is 9.18. The number of piperazine rings is 1. The Bertz CT molecular complexity index is 326. The molecule has 84 valence electrons. The third-order valence-corrected chi connectivity index (χ3v) is 2.71. The zero-order valence-electron chi connectivity index (χ0n) is 9.18. The number of anilines is 1. The number of hydrogen-bond donors (Lipinski definition) is 1. The summed E-state index contributed by atoms with van der Waals surface area (Å²) in [4.78, 5) is 4.42. The molecule has 0 saturated carbocycles. The normalized spacial score (nSPS) is 23.4. The van der Waals surface area contributed by atoms with Crippen LogP contribution in [-0.2, 0) is 6.54 Å². The number of aromatic nitrogens is 2. The van der Waals surface area contributed by atoms with Gasteiger partial charge in [0.1, 0.15) is 0 Å². The standard InChI is InChI=1S/C9H17N5O/c1-7-6-13(2)3-4-14(7)9-12-11-8(5-10)15-9/h7H,3-6,10H2,1-2H3. The lowest BCUT2D eigenvalue weighted by Gasteiger charge is -2.36. The van der Waals surface area contributed by atoms with E-state index in [0.717, 1.165) is 19.6 Å². The van der Waals surface area contributed by atoms with Crippen LogP contribution in [0.4, 0.5) is 6.01 Å². The molecule has 0 aliphatic carbocycles. The minimum absolute atomic E-state index is 0.301. The molecule has 1 aliphatic heterocycles. The molecule has 1 fully saturated rings. The smallest absolute Gasteiger partial charge is 0.318 e. The summed E-state index contributed by atoms with van der Waals surface area (Å²) < 4.78 is 5.44. The summed E-state index contributed by atoms with van der Waals surface area (Å²) >= 11 is 0. The van der Waals surface area contributed by atoms with Gasteiger partial charge in [-0.2, -0.15) is 0 Å². The van der Waals surface area contributed by atoms with Crippen molar-refractivity contribution in [2.24, 2.45) is 5.73 Å². The molecular formula is C9H17N5O. The van der Waals surface area contributed by atoms with Crippen molar-refractivity contribution in [3.05, 3.63) is 5.89 Å². The molecule has 1 saturated heterocycles. The second-order valence-corrected chi connectivity index (χ2v) is 3.99. The van der Waals surface area contributed by atoms with Crippen LogP contribution in [0.3, 0.4) is 0 Å². The monoisotopic (exact) mass is 211 g/mol. The van der Waals surface area contributed by atoms with Crippen molar-refractivity contribution >= 4 is 6.01 Å². The Balaban J connectivity index is 2.09. The second kappa shape index (κ2) is 4.16. The molecule has 1 unspecified atom stereocenters. The highest BCUT2D eigenvalue weighted by Gasteiger charge is 2.25. The van der Waals surface area contributed by atoms with E-state index >= 15 is 0 Å². The molecule has 15 heavy (non-hydrogen) atoms. The summed E-state index contributed by atoms with van der Waals surface area (Å²) in [6.07, 6.45) is 0. The topological polar surface area (TPSA) is 71.4 Å². The van der Waals surface area contributed by atoms with Crippen LogP contribution in [0.2, 0.25) is 0 Å². The van der Waals surface area contributed by atoms with E-state index in [1.165, 1.54) is 0 Å². The molecule has 6 heteroatoms. The number of nitrogens with zero attached hydrogens (tertiary/aromatic N) is 4. The van der Waals surface area contributed by atoms with Crippen molar-refractivity contribution in [3.8, 4) is 0 Å². The van der Waals surface area contributed by atoms with Crippen molar-refractivity contribution in [1.29, 1.82) is 0 Å². The minimum Gasteiger partial charge on any atom is -0.407 e. The van der Waals surface area contributed by atoms with Crippen LogP contribution in [0.25, 0.3) is 0 Å². The van der Waals surface area contributed by atoms with Gasteiger partial charge < -0.3 is 20.0 Å². The van der Waals surface area contributed by atoms with E-state index < -0.39 is 0 Å². The van der Waals surface area contributed by atoms with Crippen LogP contribution in [0.1, 0.15) is 12.8 Å². The molecule has 1 aromatic heterocycles. The summed E-state index contributed by atoms with van der Waals surface area (Å²) in [7, 11) is 2.12. The molecule has 0 spiro atoms. The number of hydrogen-bond acceptors (Lipinski definition) is 6. The summed E-state index contributed by atoms with van der Waals surface area (Å²) in [5.74, 6) is 0.496. The largest absolute Gasteiger partial charge is 0.407 e. The summed E-state index contributed by atoms with van der Waals surface area (Å²) in [5.41, 5.74) is 5.43. The van der Waals surface area contributed by atoms with Gasteiger partial charge in [-0.05, 0) is 14.0 Å². The molecular weight excluding hydrogens is 194 g/mol. The Morgan fingerprint density at radius 2 is 2.27 bits per heavy atom. The van der Waals surface area contributed by atoms with Crippen LogP contribution >= 0.6 is 0 Å². The molecule has 0 aromatic carbocycles. The van der Waals surface area contributed by atoms with Gasteiger partial charge in [-0.25, -0.2) is 0 Å². The van der Waals surface area contributed by atoms with Crippen molar-refractivity contribution < 1.29 is 4.42 Å². The molecule has 2 N–H and O–H groups in total. The second-order valence-electron chi connectivity index (χ2n) is 3.99. The molecule has 1 aliphatic rings. The first-order valence-electron chi connectivity index (χ1n) is 5.18. The van der Waals surface area contributed by atoms with Gasteiger partial charge >= 0.3 is 6.01 Å². The van der Waals surface area contributed by atoms with E-state index in [2.05, 4.69) is 34.0 Å². The minimum atomic E-state index is 0.301. The third-order valence-electron chi connectivity index (χ3n) is 2.71. The average molecular weight is 211 g/mol. The summed E-state index contributed by atoms with van der Waals surface area (Å²) in [5, 5.41) is 7.86. The van der Waals surface area contributed by atoms with E-state index in [-0.39, 0.29) is 0 Å². The van der Waals surface area contributed by atoms with Gasteiger partial charge in [0.2, 0.25) is 5.89 Å². The molecule has 2 rings (SSSR count). The SMILES string of the molecule is CC1CN(C)CCN1c1nnc(CN)o1. The maximum absolute atomic E-state index is 5.44. The molecule has 0 amide bonds. The van der Waals surface area contributed by atoms with Gasteiger partial charge in [-0.1, -0.05) is 5.10 Å². The molecule has 0 radical (unpaired) electrons. The van der Waals surface area contributed by atoms with Gasteiger partial charge in [0.05, 0.1) is 6.54 Å². The fourth-order valence-electron chi connectivity index (χ4n) is 1.87. The van der Waals surface area contributed by atoms with Crippen molar-refractivity contribution in [2.75, 3.05) is 31.6 Å². The third kappa shape index (κ3) is 2.10. The first-order valence-corrected chi connectivity index (χ1v) is 5.18. The van der Waals surface area contributed by atoms with Crippen LogP contribution in [0.5, 0.6) is 0 Å². The van der Waals surface area contributed by atoms with Crippen LogP contribution in [-0.4, -0.2) is 47.8 Å². The fourth-order valence-corrected chi connectivity index (χ4v) is 1.87. The van der Waals surface area contributed by atoms with Crippen LogP contribution < -0.4 is 10.6 Å². The van der Waals surface area contributed by atoms with Gasteiger partial charge in [0.25, 0.3) is 0 Å². The van der Waals surface area contributed by atoms with E-state index in [1.54, 1.807) is 0 Å². The number of likely N-dealkylation sites (N-methyl/N-ethyl adjacent to an activating group) is 1. The van der Waals surface area contributed by atoms with E-state index in [0.29, 0.717) is 24.5 Å². The molecule has 2 heterocycles. The first kappa shape index (κ1) is 10.4. The average Bonchev–Trinajstić information content (AvgIpc) is 2.66. The molecule has 0 bridgehead atoms. The predicted octanol–water partition coefficient (Wildman–Crippen LogP) is -0.331. The molecule has 6 nitrogen and oxygen atoms in total. The first-order chi connectivity index (χ1) is 7.20. The van der Waals surface area contributed by atoms with Gasteiger partial charge in [0.15, 0.2) is 0 Å². The van der Waals surface area contributed by atoms with Crippen LogP contribution in [0, 0.1) is 0 Å². The Hall–Kier alpha value is -1.14. The van der Waals surface area contributed by atoms with Gasteiger partial charge in [-0.3, -0.25) is 0 Å². The Morgan fingerprint density at radius 3 is 2.87 bits per heavy atom. The zero-order chi connectivity index (χ0) is 10.8. The molecule has 1 aromatic rings. The van der Waals surface area contributed by atoms with E-state index in [9.17, 15) is 0 Å². The van der Waals surface area contributed by atoms with E-state index in [4.69, 9.17) is 10.2 Å². The van der Waals surface area contributed by atoms with Crippen molar-refractivity contribution in [1.82, 2.24) is 15.1 Å². The molecule has 1 atom stereocenters. The lowest BCUT2D eigenvalue weighted by atomic mass is 10.2.